The summed E-state index contributed by atoms with van der Waals surface area (Å²) in [5, 5.41) is 0.495. The fraction of sp³-hybridized carbons (Fsp3) is 0.409. The van der Waals surface area contributed by atoms with Crippen LogP contribution in [0.15, 0.2) is 59.5 Å². The molecule has 1 aliphatic rings. The van der Waals surface area contributed by atoms with Gasteiger partial charge >= 0.3 is 0 Å². The van der Waals surface area contributed by atoms with Gasteiger partial charge in [0.1, 0.15) is 0 Å². The number of benzene rings is 2. The van der Waals surface area contributed by atoms with Crippen molar-refractivity contribution < 1.29 is 13.2 Å². The third-order valence-electron chi connectivity index (χ3n) is 5.34. The van der Waals surface area contributed by atoms with Gasteiger partial charge in [-0.1, -0.05) is 41.9 Å². The van der Waals surface area contributed by atoms with Crippen LogP contribution in [0.25, 0.3) is 0 Å². The highest BCUT2D eigenvalue weighted by atomic mass is 35.5. The number of hydrogen-bond donors (Lipinski definition) is 0. The third kappa shape index (κ3) is 5.60. The fourth-order valence-corrected chi connectivity index (χ4v) is 4.99. The van der Waals surface area contributed by atoms with E-state index in [0.717, 1.165) is 5.56 Å². The molecule has 1 aliphatic heterocycles. The SMILES string of the molecule is CC(C)N(CC(=O)N1CCN(S(=O)(=O)c2ccc(Cl)cc2)CC1)Cc1ccccc1. The number of hydrogen-bond acceptors (Lipinski definition) is 4. The van der Waals surface area contributed by atoms with Crippen LogP contribution >= 0.6 is 11.6 Å². The maximum absolute atomic E-state index is 12.9. The summed E-state index contributed by atoms with van der Waals surface area (Å²) in [5.41, 5.74) is 1.16. The summed E-state index contributed by atoms with van der Waals surface area (Å²) >= 11 is 5.86. The van der Waals surface area contributed by atoms with E-state index in [1.54, 1.807) is 17.0 Å². The number of sulfonamides is 1. The molecular formula is C22H28ClN3O3S. The Bertz CT molecular complexity index is 941. The van der Waals surface area contributed by atoms with Crippen LogP contribution in [0.3, 0.4) is 0 Å². The molecule has 1 fully saturated rings. The van der Waals surface area contributed by atoms with E-state index in [2.05, 4.69) is 30.9 Å². The highest BCUT2D eigenvalue weighted by Crippen LogP contribution is 2.20. The second-order valence-corrected chi connectivity index (χ2v) is 10.1. The zero-order valence-corrected chi connectivity index (χ0v) is 18.9. The summed E-state index contributed by atoms with van der Waals surface area (Å²) in [6.45, 7) is 6.53. The first kappa shape index (κ1) is 22.7. The first-order valence-electron chi connectivity index (χ1n) is 10.1. The molecule has 0 saturated carbocycles. The van der Waals surface area contributed by atoms with Crippen molar-refractivity contribution in [2.75, 3.05) is 32.7 Å². The van der Waals surface area contributed by atoms with Crippen LogP contribution in [0, 0.1) is 0 Å². The molecule has 0 atom stereocenters. The quantitative estimate of drug-likeness (QED) is 0.651. The lowest BCUT2D eigenvalue weighted by atomic mass is 10.2. The minimum Gasteiger partial charge on any atom is -0.339 e. The predicted molar refractivity (Wildman–Crippen MR) is 119 cm³/mol. The Balaban J connectivity index is 1.58. The van der Waals surface area contributed by atoms with Gasteiger partial charge in [0, 0.05) is 43.8 Å². The van der Waals surface area contributed by atoms with Crippen molar-refractivity contribution >= 4 is 27.5 Å². The molecule has 0 aromatic heterocycles. The molecule has 2 aromatic rings. The Morgan fingerprint density at radius 3 is 2.17 bits per heavy atom. The largest absolute Gasteiger partial charge is 0.339 e. The van der Waals surface area contributed by atoms with Crippen molar-refractivity contribution in [2.45, 2.75) is 31.3 Å². The molecule has 1 heterocycles. The second-order valence-electron chi connectivity index (χ2n) is 7.72. The number of halogens is 1. The van der Waals surface area contributed by atoms with E-state index in [0.29, 0.717) is 31.2 Å². The third-order valence-corrected chi connectivity index (χ3v) is 7.50. The lowest BCUT2D eigenvalue weighted by Gasteiger charge is -2.36. The summed E-state index contributed by atoms with van der Waals surface area (Å²) in [4.78, 5) is 17.0. The van der Waals surface area contributed by atoms with Crippen molar-refractivity contribution in [1.82, 2.24) is 14.1 Å². The fourth-order valence-electron chi connectivity index (χ4n) is 3.45. The molecule has 1 amide bonds. The van der Waals surface area contributed by atoms with Gasteiger partial charge in [-0.05, 0) is 43.7 Å². The molecule has 6 nitrogen and oxygen atoms in total. The van der Waals surface area contributed by atoms with Crippen molar-refractivity contribution in [3.05, 3.63) is 65.2 Å². The topological polar surface area (TPSA) is 60.9 Å². The van der Waals surface area contributed by atoms with E-state index >= 15 is 0 Å². The number of rotatable bonds is 7. The smallest absolute Gasteiger partial charge is 0.243 e. The van der Waals surface area contributed by atoms with E-state index < -0.39 is 10.0 Å². The number of piperazine rings is 1. The summed E-state index contributed by atoms with van der Waals surface area (Å²) in [6, 6.07) is 16.5. The Hall–Kier alpha value is -1.93. The van der Waals surface area contributed by atoms with Crippen molar-refractivity contribution in [3.8, 4) is 0 Å². The van der Waals surface area contributed by atoms with Crippen LogP contribution < -0.4 is 0 Å². The monoisotopic (exact) mass is 449 g/mol. The number of nitrogens with zero attached hydrogens (tertiary/aromatic N) is 3. The first-order chi connectivity index (χ1) is 14.3. The normalized spacial score (nSPS) is 15.7. The van der Waals surface area contributed by atoms with Gasteiger partial charge < -0.3 is 4.90 Å². The van der Waals surface area contributed by atoms with Crippen LogP contribution in [0.4, 0.5) is 0 Å². The average Bonchev–Trinajstić information content (AvgIpc) is 2.74. The van der Waals surface area contributed by atoms with E-state index in [-0.39, 0.29) is 29.9 Å². The van der Waals surface area contributed by atoms with Gasteiger partial charge in [-0.25, -0.2) is 8.42 Å². The molecule has 8 heteroatoms. The average molecular weight is 450 g/mol. The van der Waals surface area contributed by atoms with E-state index in [4.69, 9.17) is 11.6 Å². The molecule has 3 rings (SSSR count). The number of amides is 1. The van der Waals surface area contributed by atoms with Gasteiger partial charge in [0.15, 0.2) is 0 Å². The molecule has 30 heavy (non-hydrogen) atoms. The van der Waals surface area contributed by atoms with Gasteiger partial charge in [0.25, 0.3) is 0 Å². The minimum absolute atomic E-state index is 0.0307. The van der Waals surface area contributed by atoms with E-state index in [9.17, 15) is 13.2 Å². The second kappa shape index (κ2) is 9.92. The van der Waals surface area contributed by atoms with Crippen LogP contribution in [0.2, 0.25) is 5.02 Å². The number of carbonyl (C=O) groups is 1. The van der Waals surface area contributed by atoms with E-state index in [1.807, 2.05) is 18.2 Å². The first-order valence-corrected chi connectivity index (χ1v) is 11.9. The Morgan fingerprint density at radius 2 is 1.60 bits per heavy atom. The van der Waals surface area contributed by atoms with Gasteiger partial charge in [-0.3, -0.25) is 9.69 Å². The lowest BCUT2D eigenvalue weighted by molar-refractivity contribution is -0.134. The summed E-state index contributed by atoms with van der Waals surface area (Å²) in [6.07, 6.45) is 0. The van der Waals surface area contributed by atoms with Crippen LogP contribution in [-0.4, -0.2) is 67.2 Å². The highest BCUT2D eigenvalue weighted by Gasteiger charge is 2.30. The van der Waals surface area contributed by atoms with Gasteiger partial charge in [-0.2, -0.15) is 4.31 Å². The highest BCUT2D eigenvalue weighted by molar-refractivity contribution is 7.89. The zero-order chi connectivity index (χ0) is 21.7. The standard InChI is InChI=1S/C22H28ClN3O3S/c1-18(2)25(16-19-6-4-3-5-7-19)17-22(27)24-12-14-26(15-13-24)30(28,29)21-10-8-20(23)9-11-21/h3-11,18H,12-17H2,1-2H3. The molecule has 0 aliphatic carbocycles. The summed E-state index contributed by atoms with van der Waals surface area (Å²) < 4.78 is 27.1. The van der Waals surface area contributed by atoms with Crippen LogP contribution in [0.1, 0.15) is 19.4 Å². The molecule has 0 radical (unpaired) electrons. The molecule has 0 unspecified atom stereocenters. The maximum Gasteiger partial charge on any atom is 0.243 e. The molecular weight excluding hydrogens is 422 g/mol. The molecule has 162 valence electrons. The zero-order valence-electron chi connectivity index (χ0n) is 17.4. The molecule has 0 bridgehead atoms. The van der Waals surface area contributed by atoms with Crippen molar-refractivity contribution in [3.63, 3.8) is 0 Å². The molecule has 0 N–H and O–H groups in total. The predicted octanol–water partition coefficient (Wildman–Crippen LogP) is 3.08. The maximum atomic E-state index is 12.9. The van der Waals surface area contributed by atoms with Gasteiger partial charge in [0.2, 0.25) is 15.9 Å². The lowest BCUT2D eigenvalue weighted by Crippen LogP contribution is -2.53. The van der Waals surface area contributed by atoms with Crippen molar-refractivity contribution in [1.29, 1.82) is 0 Å². The van der Waals surface area contributed by atoms with Crippen LogP contribution in [0.5, 0.6) is 0 Å². The summed E-state index contributed by atoms with van der Waals surface area (Å²) in [5.74, 6) is 0.0307. The summed E-state index contributed by atoms with van der Waals surface area (Å²) in [7, 11) is -3.58. The molecule has 0 spiro atoms. The van der Waals surface area contributed by atoms with Gasteiger partial charge in [0.05, 0.1) is 11.4 Å². The Morgan fingerprint density at radius 1 is 1.00 bits per heavy atom. The minimum atomic E-state index is -3.58. The van der Waals surface area contributed by atoms with Gasteiger partial charge in [-0.15, -0.1) is 0 Å². The Labute approximate surface area is 184 Å². The van der Waals surface area contributed by atoms with Crippen LogP contribution in [-0.2, 0) is 21.4 Å². The Kier molecular flexibility index (Phi) is 7.52. The number of carbonyl (C=O) groups excluding carboxylic acids is 1. The van der Waals surface area contributed by atoms with E-state index in [1.165, 1.54) is 16.4 Å². The molecule has 2 aromatic carbocycles. The molecule has 1 saturated heterocycles. The van der Waals surface area contributed by atoms with Crippen molar-refractivity contribution in [2.24, 2.45) is 0 Å².